The minimum atomic E-state index is -4.32. The SMILES string of the molecule is C=CC(=O)OCC(COC(=O)C=C)(COC(=O)C=C)COC(=O)C(C)(C)C(F)(F)C(C)(C)C(=O)OCC(COC(=O)C=C)(COC(=O)C=C)COC(=O)C=C. The van der Waals surface area contributed by atoms with Gasteiger partial charge in [-0.1, -0.05) is 39.5 Å². The van der Waals surface area contributed by atoms with Crippen molar-refractivity contribution in [1.29, 1.82) is 0 Å². The van der Waals surface area contributed by atoms with Gasteiger partial charge in [-0.05, 0) is 27.7 Å². The second kappa shape index (κ2) is 21.7. The van der Waals surface area contributed by atoms with Crippen LogP contribution in [0.15, 0.2) is 75.9 Å². The van der Waals surface area contributed by atoms with Gasteiger partial charge in [0.05, 0.1) is 0 Å². The van der Waals surface area contributed by atoms with E-state index in [1.54, 1.807) is 0 Å². The fourth-order valence-corrected chi connectivity index (χ4v) is 4.03. The number of alkyl halides is 2. The van der Waals surface area contributed by atoms with E-state index in [4.69, 9.17) is 37.9 Å². The first-order valence-electron chi connectivity index (χ1n) is 16.0. The van der Waals surface area contributed by atoms with Crippen molar-refractivity contribution in [1.82, 2.24) is 0 Å². The Hall–Kier alpha value is -5.94. The zero-order valence-electron chi connectivity index (χ0n) is 31.2. The van der Waals surface area contributed by atoms with Gasteiger partial charge in [0.2, 0.25) is 0 Å². The molecule has 0 fully saturated rings. The van der Waals surface area contributed by atoms with Gasteiger partial charge in [0.15, 0.2) is 0 Å². The van der Waals surface area contributed by atoms with Crippen LogP contribution >= 0.6 is 0 Å². The molecule has 18 heteroatoms. The number of halogens is 2. The molecule has 0 aromatic heterocycles. The summed E-state index contributed by atoms with van der Waals surface area (Å²) in [5.41, 5.74) is -9.45. The van der Waals surface area contributed by atoms with E-state index in [1.807, 2.05) is 0 Å². The Kier molecular flexibility index (Phi) is 19.3. The van der Waals surface area contributed by atoms with E-state index < -0.39 is 128 Å². The summed E-state index contributed by atoms with van der Waals surface area (Å²) in [6.45, 7) is 16.1. The van der Waals surface area contributed by atoms with Crippen molar-refractivity contribution in [3.05, 3.63) is 75.9 Å². The largest absolute Gasteiger partial charge is 0.464 e. The monoisotopic (exact) mass is 784 g/mol. The lowest BCUT2D eigenvalue weighted by Crippen LogP contribution is -2.57. The van der Waals surface area contributed by atoms with Crippen LogP contribution in [0, 0.1) is 21.7 Å². The number of hydrogen-bond donors (Lipinski definition) is 0. The van der Waals surface area contributed by atoms with Crippen LogP contribution in [0.2, 0.25) is 0 Å². The van der Waals surface area contributed by atoms with Crippen LogP contribution in [0.25, 0.3) is 0 Å². The zero-order valence-corrected chi connectivity index (χ0v) is 31.2. The Morgan fingerprint density at radius 2 is 0.545 bits per heavy atom. The third-order valence-electron chi connectivity index (χ3n) is 7.73. The highest BCUT2D eigenvalue weighted by molar-refractivity contribution is 5.84. The van der Waals surface area contributed by atoms with Crippen LogP contribution in [0.5, 0.6) is 0 Å². The van der Waals surface area contributed by atoms with Gasteiger partial charge in [0.1, 0.15) is 74.5 Å². The van der Waals surface area contributed by atoms with Crippen molar-refractivity contribution in [2.24, 2.45) is 21.7 Å². The van der Waals surface area contributed by atoms with E-state index in [0.29, 0.717) is 0 Å². The maximum atomic E-state index is 16.4. The van der Waals surface area contributed by atoms with Gasteiger partial charge in [-0.25, -0.2) is 37.5 Å². The molecular formula is C37H46F2O16. The number of carbonyl (C=O) groups is 8. The summed E-state index contributed by atoms with van der Waals surface area (Å²) in [7, 11) is 0. The molecule has 0 radical (unpaired) electrons. The Morgan fingerprint density at radius 3 is 0.709 bits per heavy atom. The molecule has 0 aromatic carbocycles. The third-order valence-corrected chi connectivity index (χ3v) is 7.73. The molecule has 16 nitrogen and oxygen atoms in total. The van der Waals surface area contributed by atoms with E-state index >= 15 is 8.78 Å². The normalized spacial score (nSPS) is 11.6. The molecule has 0 saturated carbocycles. The summed E-state index contributed by atoms with van der Waals surface area (Å²) in [4.78, 5) is 98.3. The van der Waals surface area contributed by atoms with Crippen molar-refractivity contribution >= 4 is 47.8 Å². The average Bonchev–Trinajstić information content (AvgIpc) is 3.17. The van der Waals surface area contributed by atoms with Crippen molar-refractivity contribution in [2.75, 3.05) is 52.9 Å². The highest BCUT2D eigenvalue weighted by Crippen LogP contribution is 2.50. The zero-order chi connectivity index (χ0) is 42.7. The molecule has 0 saturated heterocycles. The van der Waals surface area contributed by atoms with Gasteiger partial charge in [0.25, 0.3) is 5.92 Å². The summed E-state index contributed by atoms with van der Waals surface area (Å²) in [6.07, 6.45) is 4.62. The number of rotatable bonds is 26. The van der Waals surface area contributed by atoms with E-state index in [2.05, 4.69) is 39.5 Å². The molecule has 0 spiro atoms. The topological polar surface area (TPSA) is 210 Å². The highest BCUT2D eigenvalue weighted by atomic mass is 19.3. The van der Waals surface area contributed by atoms with Gasteiger partial charge >= 0.3 is 47.8 Å². The van der Waals surface area contributed by atoms with Crippen molar-refractivity contribution in [3.8, 4) is 0 Å². The molecule has 0 N–H and O–H groups in total. The summed E-state index contributed by atoms with van der Waals surface area (Å²) >= 11 is 0. The fraction of sp³-hybridized carbons (Fsp3) is 0.459. The molecule has 0 aliphatic heterocycles. The molecule has 0 bridgehead atoms. The lowest BCUT2D eigenvalue weighted by Gasteiger charge is -2.42. The Labute approximate surface area is 316 Å². The maximum absolute atomic E-state index is 16.4. The minimum Gasteiger partial charge on any atom is -0.464 e. The van der Waals surface area contributed by atoms with Crippen LogP contribution in [0.1, 0.15) is 27.7 Å². The highest BCUT2D eigenvalue weighted by Gasteiger charge is 2.66. The second-order valence-corrected chi connectivity index (χ2v) is 12.8. The molecule has 0 amide bonds. The predicted octanol–water partition coefficient (Wildman–Crippen LogP) is 3.11. The number of esters is 8. The Bertz CT molecular complexity index is 1290. The molecule has 304 valence electrons. The molecule has 0 rings (SSSR count). The van der Waals surface area contributed by atoms with E-state index in [-0.39, 0.29) is 0 Å². The quantitative estimate of drug-likeness (QED) is 0.0701. The summed E-state index contributed by atoms with van der Waals surface area (Å²) in [5, 5.41) is 0. The lowest BCUT2D eigenvalue weighted by molar-refractivity contribution is -0.223. The molecule has 0 atom stereocenters. The minimum absolute atomic E-state index is 0.747. The summed E-state index contributed by atoms with van der Waals surface area (Å²) in [5.74, 6) is -13.5. The van der Waals surface area contributed by atoms with Crippen LogP contribution in [-0.4, -0.2) is 107 Å². The third kappa shape index (κ3) is 14.4. The predicted molar refractivity (Wildman–Crippen MR) is 186 cm³/mol. The van der Waals surface area contributed by atoms with Crippen LogP contribution in [0.3, 0.4) is 0 Å². The van der Waals surface area contributed by atoms with Crippen molar-refractivity contribution < 1.29 is 85.0 Å². The number of ether oxygens (including phenoxy) is 8. The smallest absolute Gasteiger partial charge is 0.330 e. The molecule has 0 aliphatic carbocycles. The molecule has 55 heavy (non-hydrogen) atoms. The molecular weight excluding hydrogens is 738 g/mol. The second-order valence-electron chi connectivity index (χ2n) is 12.8. The van der Waals surface area contributed by atoms with Crippen LogP contribution in [-0.2, 0) is 76.3 Å². The summed E-state index contributed by atoms with van der Waals surface area (Å²) in [6, 6.07) is 0. The molecule has 0 aromatic rings. The van der Waals surface area contributed by atoms with Gasteiger partial charge in [0, 0.05) is 36.5 Å². The molecule has 0 aliphatic rings. The van der Waals surface area contributed by atoms with Crippen molar-refractivity contribution in [3.63, 3.8) is 0 Å². The van der Waals surface area contributed by atoms with Gasteiger partial charge in [-0.15, -0.1) is 0 Å². The standard InChI is InChI=1S/C37H46F2O16/c1-11-25(40)48-17-35(18-49-26(41)12-2,19-50-27(42)13-3)23-54-31(46)33(7,8)37(38,39)34(9,10)32(47)55-24-36(20-51-28(43)14-4,21-52-29(44)15-5)22-53-30(45)16-6/h11-16H,1-6,17-24H2,7-10H3. The van der Waals surface area contributed by atoms with E-state index in [9.17, 15) is 38.4 Å². The van der Waals surface area contributed by atoms with Gasteiger partial charge in [-0.3, -0.25) is 9.59 Å². The average molecular weight is 785 g/mol. The van der Waals surface area contributed by atoms with Gasteiger partial charge < -0.3 is 37.9 Å². The number of carbonyl (C=O) groups excluding carboxylic acids is 8. The number of hydrogen-bond acceptors (Lipinski definition) is 16. The van der Waals surface area contributed by atoms with Crippen LogP contribution < -0.4 is 0 Å². The summed E-state index contributed by atoms with van der Waals surface area (Å²) < 4.78 is 73.6. The lowest BCUT2D eigenvalue weighted by atomic mass is 9.70. The maximum Gasteiger partial charge on any atom is 0.330 e. The van der Waals surface area contributed by atoms with Crippen LogP contribution in [0.4, 0.5) is 8.78 Å². The Balaban J connectivity index is 6.62. The van der Waals surface area contributed by atoms with E-state index in [0.717, 1.165) is 64.2 Å². The van der Waals surface area contributed by atoms with E-state index in [1.165, 1.54) is 0 Å². The van der Waals surface area contributed by atoms with Gasteiger partial charge in [-0.2, -0.15) is 0 Å². The fourth-order valence-electron chi connectivity index (χ4n) is 4.03. The first-order valence-corrected chi connectivity index (χ1v) is 16.0. The van der Waals surface area contributed by atoms with Crippen molar-refractivity contribution in [2.45, 2.75) is 33.6 Å². The first-order chi connectivity index (χ1) is 25.5. The first kappa shape index (κ1) is 49.1. The molecule has 0 unspecified atom stereocenters. The Morgan fingerprint density at radius 1 is 0.382 bits per heavy atom. The molecule has 0 heterocycles.